The molecule has 0 aliphatic heterocycles. The standard InChI is InChI=1S/C12H16ClNO3S/c1-3-7-14-12(15)10-6-5-9(4-2)11(8-10)18(13,16)17/h5-6,8H,3-4,7H2,1-2H3,(H,14,15). The number of rotatable bonds is 5. The summed E-state index contributed by atoms with van der Waals surface area (Å²) in [5.41, 5.74) is 0.914. The predicted molar refractivity (Wildman–Crippen MR) is 71.5 cm³/mol. The number of carbonyl (C=O) groups excluding carboxylic acids is 1. The number of halogens is 1. The van der Waals surface area contributed by atoms with Crippen molar-refractivity contribution in [2.24, 2.45) is 0 Å². The summed E-state index contributed by atoms with van der Waals surface area (Å²) in [5.74, 6) is -0.291. The van der Waals surface area contributed by atoms with E-state index in [1.54, 1.807) is 12.1 Å². The molecule has 6 heteroatoms. The molecule has 0 aliphatic carbocycles. The lowest BCUT2D eigenvalue weighted by Gasteiger charge is -2.08. The highest BCUT2D eigenvalue weighted by molar-refractivity contribution is 8.13. The lowest BCUT2D eigenvalue weighted by molar-refractivity contribution is 0.0953. The number of carbonyl (C=O) groups is 1. The molecule has 1 amide bonds. The van der Waals surface area contributed by atoms with Crippen LogP contribution in [0.1, 0.15) is 36.2 Å². The highest BCUT2D eigenvalue weighted by Crippen LogP contribution is 2.22. The molecule has 0 radical (unpaired) electrons. The molecule has 18 heavy (non-hydrogen) atoms. The first kappa shape index (κ1) is 15.0. The maximum atomic E-state index is 11.7. The maximum Gasteiger partial charge on any atom is 0.261 e. The highest BCUT2D eigenvalue weighted by atomic mass is 35.7. The van der Waals surface area contributed by atoms with Crippen LogP contribution in [0.5, 0.6) is 0 Å². The van der Waals surface area contributed by atoms with Crippen LogP contribution in [0.2, 0.25) is 0 Å². The van der Waals surface area contributed by atoms with Gasteiger partial charge in [0.2, 0.25) is 0 Å². The van der Waals surface area contributed by atoms with E-state index in [4.69, 9.17) is 10.7 Å². The SMILES string of the molecule is CCCNC(=O)c1ccc(CC)c(S(=O)(=O)Cl)c1. The zero-order valence-corrected chi connectivity index (χ0v) is 11.9. The van der Waals surface area contributed by atoms with Crippen LogP contribution < -0.4 is 5.32 Å². The van der Waals surface area contributed by atoms with E-state index in [9.17, 15) is 13.2 Å². The molecule has 0 aromatic heterocycles. The van der Waals surface area contributed by atoms with Gasteiger partial charge in [0, 0.05) is 22.8 Å². The number of hydrogen-bond acceptors (Lipinski definition) is 3. The Morgan fingerprint density at radius 3 is 2.50 bits per heavy atom. The first-order valence-corrected chi connectivity index (χ1v) is 8.06. The van der Waals surface area contributed by atoms with Crippen LogP contribution in [0, 0.1) is 0 Å². The van der Waals surface area contributed by atoms with Gasteiger partial charge in [0.25, 0.3) is 15.0 Å². The number of hydrogen-bond donors (Lipinski definition) is 1. The van der Waals surface area contributed by atoms with Crippen molar-refractivity contribution in [1.82, 2.24) is 5.32 Å². The maximum absolute atomic E-state index is 11.7. The molecule has 0 spiro atoms. The van der Waals surface area contributed by atoms with Crippen LogP contribution in [0.3, 0.4) is 0 Å². The minimum Gasteiger partial charge on any atom is -0.352 e. The third-order valence-corrected chi connectivity index (χ3v) is 3.91. The van der Waals surface area contributed by atoms with Gasteiger partial charge < -0.3 is 5.32 Å². The summed E-state index contributed by atoms with van der Waals surface area (Å²) in [5, 5.41) is 2.69. The Morgan fingerprint density at radius 2 is 2.00 bits per heavy atom. The van der Waals surface area contributed by atoms with Gasteiger partial charge in [-0.1, -0.05) is 19.9 Å². The molecular formula is C12H16ClNO3S. The van der Waals surface area contributed by atoms with E-state index in [1.165, 1.54) is 6.07 Å². The van der Waals surface area contributed by atoms with E-state index in [-0.39, 0.29) is 10.8 Å². The molecule has 1 aromatic carbocycles. The van der Waals surface area contributed by atoms with Crippen molar-refractivity contribution < 1.29 is 13.2 Å². The van der Waals surface area contributed by atoms with Gasteiger partial charge in [0.05, 0.1) is 4.90 Å². The predicted octanol–water partition coefficient (Wildman–Crippen LogP) is 2.32. The molecule has 0 saturated heterocycles. The number of aryl methyl sites for hydroxylation is 1. The summed E-state index contributed by atoms with van der Waals surface area (Å²) < 4.78 is 22.9. The Kier molecular flexibility index (Phi) is 5.16. The van der Waals surface area contributed by atoms with Gasteiger partial charge in [-0.15, -0.1) is 0 Å². The Hall–Kier alpha value is -1.07. The molecule has 100 valence electrons. The van der Waals surface area contributed by atoms with Gasteiger partial charge in [-0.2, -0.15) is 0 Å². The summed E-state index contributed by atoms with van der Waals surface area (Å²) in [6, 6.07) is 4.55. The summed E-state index contributed by atoms with van der Waals surface area (Å²) >= 11 is 0. The summed E-state index contributed by atoms with van der Waals surface area (Å²) in [6.45, 7) is 4.32. The Bertz CT molecular complexity index is 540. The molecule has 0 aliphatic rings. The third kappa shape index (κ3) is 3.71. The summed E-state index contributed by atoms with van der Waals surface area (Å²) in [7, 11) is 1.53. The fourth-order valence-electron chi connectivity index (χ4n) is 1.56. The minimum absolute atomic E-state index is 0.0100. The second-order valence-electron chi connectivity index (χ2n) is 3.87. The summed E-state index contributed by atoms with van der Waals surface area (Å²) in [4.78, 5) is 11.7. The quantitative estimate of drug-likeness (QED) is 0.846. The molecular weight excluding hydrogens is 274 g/mol. The smallest absolute Gasteiger partial charge is 0.261 e. The topological polar surface area (TPSA) is 63.2 Å². The second kappa shape index (κ2) is 6.20. The lowest BCUT2D eigenvalue weighted by Crippen LogP contribution is -2.24. The normalized spacial score (nSPS) is 11.3. The van der Waals surface area contributed by atoms with Crippen LogP contribution in [-0.4, -0.2) is 20.9 Å². The highest BCUT2D eigenvalue weighted by Gasteiger charge is 2.17. The molecule has 0 heterocycles. The van der Waals surface area contributed by atoms with Crippen molar-refractivity contribution in [2.75, 3.05) is 6.54 Å². The minimum atomic E-state index is -3.83. The van der Waals surface area contributed by atoms with E-state index in [1.807, 2.05) is 13.8 Å². The van der Waals surface area contributed by atoms with Gasteiger partial charge in [-0.3, -0.25) is 4.79 Å². The van der Waals surface area contributed by atoms with E-state index in [0.29, 0.717) is 24.1 Å². The fraction of sp³-hybridized carbons (Fsp3) is 0.417. The van der Waals surface area contributed by atoms with Crippen LogP contribution in [0.4, 0.5) is 0 Å². The Balaban J connectivity index is 3.15. The van der Waals surface area contributed by atoms with Crippen LogP contribution in [0.15, 0.2) is 23.1 Å². The van der Waals surface area contributed by atoms with E-state index in [2.05, 4.69) is 5.32 Å². The monoisotopic (exact) mass is 289 g/mol. The lowest BCUT2D eigenvalue weighted by atomic mass is 10.1. The van der Waals surface area contributed by atoms with E-state index in [0.717, 1.165) is 6.42 Å². The number of benzene rings is 1. The third-order valence-electron chi connectivity index (χ3n) is 2.51. The molecule has 0 fully saturated rings. The van der Waals surface area contributed by atoms with Crippen molar-refractivity contribution >= 4 is 25.6 Å². The molecule has 0 unspecified atom stereocenters. The Labute approximate surface area is 112 Å². The van der Waals surface area contributed by atoms with Gasteiger partial charge in [-0.05, 0) is 30.5 Å². The second-order valence-corrected chi connectivity index (χ2v) is 6.40. The molecule has 0 bridgehead atoms. The number of amides is 1. The molecule has 4 nitrogen and oxygen atoms in total. The number of nitrogens with one attached hydrogen (secondary N) is 1. The fourth-order valence-corrected chi connectivity index (χ4v) is 2.78. The Morgan fingerprint density at radius 1 is 1.33 bits per heavy atom. The molecule has 1 rings (SSSR count). The van der Waals surface area contributed by atoms with Gasteiger partial charge in [0.1, 0.15) is 0 Å². The van der Waals surface area contributed by atoms with E-state index < -0.39 is 9.05 Å². The first-order valence-electron chi connectivity index (χ1n) is 5.76. The van der Waals surface area contributed by atoms with Crippen molar-refractivity contribution in [1.29, 1.82) is 0 Å². The zero-order chi connectivity index (χ0) is 13.8. The summed E-state index contributed by atoms with van der Waals surface area (Å²) in [6.07, 6.45) is 1.36. The van der Waals surface area contributed by atoms with Crippen LogP contribution in [0.25, 0.3) is 0 Å². The largest absolute Gasteiger partial charge is 0.352 e. The van der Waals surface area contributed by atoms with Crippen LogP contribution in [-0.2, 0) is 15.5 Å². The van der Waals surface area contributed by atoms with Crippen molar-refractivity contribution in [3.05, 3.63) is 29.3 Å². The van der Waals surface area contributed by atoms with E-state index >= 15 is 0 Å². The van der Waals surface area contributed by atoms with Crippen molar-refractivity contribution in [3.8, 4) is 0 Å². The average molecular weight is 290 g/mol. The van der Waals surface area contributed by atoms with Gasteiger partial charge in [0.15, 0.2) is 0 Å². The molecule has 0 atom stereocenters. The average Bonchev–Trinajstić information content (AvgIpc) is 2.34. The molecule has 0 saturated carbocycles. The van der Waals surface area contributed by atoms with Crippen molar-refractivity contribution in [2.45, 2.75) is 31.6 Å². The van der Waals surface area contributed by atoms with Gasteiger partial charge >= 0.3 is 0 Å². The first-order chi connectivity index (χ1) is 8.40. The van der Waals surface area contributed by atoms with Crippen LogP contribution >= 0.6 is 10.7 Å². The van der Waals surface area contributed by atoms with Gasteiger partial charge in [-0.25, -0.2) is 8.42 Å². The van der Waals surface area contributed by atoms with Crippen molar-refractivity contribution in [3.63, 3.8) is 0 Å². The molecule has 1 N–H and O–H groups in total. The zero-order valence-electron chi connectivity index (χ0n) is 10.4. The molecule has 1 aromatic rings.